The zero-order valence-corrected chi connectivity index (χ0v) is 26.3. The predicted molar refractivity (Wildman–Crippen MR) is 176 cm³/mol. The molecule has 3 heterocycles. The molecule has 6 aromatic rings. The molecule has 0 saturated carbocycles. The topological polar surface area (TPSA) is 142 Å². The lowest BCUT2D eigenvalue weighted by Gasteiger charge is -2.10. The van der Waals surface area contributed by atoms with Crippen molar-refractivity contribution in [1.82, 2.24) is 24.1 Å². The molecule has 0 aliphatic carbocycles. The van der Waals surface area contributed by atoms with Crippen molar-refractivity contribution in [2.75, 3.05) is 16.0 Å². The number of rotatable bonds is 10. The number of anilines is 6. The summed E-state index contributed by atoms with van der Waals surface area (Å²) in [7, 11) is 7.69. The molecule has 0 aliphatic rings. The Morgan fingerprint density at radius 3 is 1.28 bits per heavy atom. The average Bonchev–Trinajstić information content (AvgIpc) is 3.55. The fourth-order valence-corrected chi connectivity index (χ4v) is 4.56. The van der Waals surface area contributed by atoms with E-state index in [0.29, 0.717) is 17.6 Å². The third-order valence-electron chi connectivity index (χ3n) is 6.83. The number of imidazole rings is 2. The van der Waals surface area contributed by atoms with E-state index < -0.39 is 0 Å². The largest absolute Gasteiger partial charge is 0.421 e. The van der Waals surface area contributed by atoms with Crippen LogP contribution in [0.25, 0.3) is 0 Å². The first-order valence-electron chi connectivity index (χ1n) is 14.2. The van der Waals surface area contributed by atoms with E-state index >= 15 is 0 Å². The maximum atomic E-state index is 6.21. The number of halogens is 1. The summed E-state index contributed by atoms with van der Waals surface area (Å²) in [6, 6.07) is 22.9. The molecule has 230 valence electrons. The number of nitrogens with one attached hydrogen (secondary N) is 3. The molecular formula is C31H31ClN14+2. The summed E-state index contributed by atoms with van der Waals surface area (Å²) in [5.41, 5.74) is 4.83. The summed E-state index contributed by atoms with van der Waals surface area (Å²) in [5.74, 6) is 2.09. The highest BCUT2D eigenvalue weighted by Crippen LogP contribution is 2.25. The van der Waals surface area contributed by atoms with Gasteiger partial charge in [-0.15, -0.1) is 0 Å². The third kappa shape index (κ3) is 7.36. The molecule has 0 saturated heterocycles. The van der Waals surface area contributed by atoms with Crippen LogP contribution in [0.4, 0.5) is 57.9 Å². The standard InChI is InChI=1S/C31H29ClN14/c1-43-17-18-44(2)30(43)41-39-25-13-9-22(10-14-25)33-21-5-7-23(8-6-21)34-28-36-27(32)37-29(38-28)35-24-11-15-26(16-12-24)40-42-31-45(3)19-20-46(31)4/h5-20H,1-4H3,(H,34,36,37,38,39)/p+2. The molecule has 6 rings (SSSR count). The Morgan fingerprint density at radius 1 is 0.543 bits per heavy atom. The highest BCUT2D eigenvalue weighted by Gasteiger charge is 2.12. The van der Waals surface area contributed by atoms with Gasteiger partial charge in [-0.1, -0.05) is 10.2 Å². The molecule has 14 nitrogen and oxygen atoms in total. The van der Waals surface area contributed by atoms with Gasteiger partial charge in [0, 0.05) is 33.0 Å². The van der Waals surface area contributed by atoms with Crippen LogP contribution in [0.2, 0.25) is 5.28 Å². The Balaban J connectivity index is 1.05. The van der Waals surface area contributed by atoms with E-state index in [2.05, 4.69) is 51.4 Å². The molecule has 0 spiro atoms. The van der Waals surface area contributed by atoms with Gasteiger partial charge < -0.3 is 16.0 Å². The van der Waals surface area contributed by atoms with E-state index in [9.17, 15) is 0 Å². The van der Waals surface area contributed by atoms with E-state index in [-0.39, 0.29) is 5.28 Å². The molecule has 3 aromatic heterocycles. The van der Waals surface area contributed by atoms with Crippen LogP contribution < -0.4 is 25.1 Å². The number of benzene rings is 3. The Morgan fingerprint density at radius 2 is 0.913 bits per heavy atom. The van der Waals surface area contributed by atoms with E-state index in [1.54, 1.807) is 0 Å². The Hall–Kier alpha value is -6.02. The van der Waals surface area contributed by atoms with Crippen molar-refractivity contribution in [1.29, 1.82) is 0 Å². The number of hydrogen-bond donors (Lipinski definition) is 3. The first-order chi connectivity index (χ1) is 22.3. The molecule has 0 atom stereocenters. The summed E-state index contributed by atoms with van der Waals surface area (Å²) in [5, 5.41) is 27.1. The van der Waals surface area contributed by atoms with Crippen LogP contribution in [0.3, 0.4) is 0 Å². The summed E-state index contributed by atoms with van der Waals surface area (Å²) in [6.45, 7) is 0. The van der Waals surface area contributed by atoms with Gasteiger partial charge >= 0.3 is 11.9 Å². The van der Waals surface area contributed by atoms with Gasteiger partial charge in [0.25, 0.3) is 0 Å². The van der Waals surface area contributed by atoms with Crippen molar-refractivity contribution in [3.05, 3.63) is 103 Å². The zero-order chi connectivity index (χ0) is 32.0. The van der Waals surface area contributed by atoms with Crippen molar-refractivity contribution in [3.63, 3.8) is 0 Å². The summed E-state index contributed by atoms with van der Waals surface area (Å²) in [6.07, 6.45) is 7.69. The van der Waals surface area contributed by atoms with E-state index in [4.69, 9.17) is 11.6 Å². The lowest BCUT2D eigenvalue weighted by Crippen LogP contribution is -2.25. The molecule has 0 bridgehead atoms. The number of hydrogen-bond acceptors (Lipinski definition) is 10. The van der Waals surface area contributed by atoms with Gasteiger partial charge in [0.05, 0.1) is 53.0 Å². The van der Waals surface area contributed by atoms with Crippen LogP contribution >= 0.6 is 11.6 Å². The second-order valence-electron chi connectivity index (χ2n) is 10.3. The summed E-state index contributed by atoms with van der Waals surface area (Å²) < 4.78 is 7.60. The van der Waals surface area contributed by atoms with Crippen LogP contribution in [-0.2, 0) is 28.2 Å². The first-order valence-corrected chi connectivity index (χ1v) is 14.5. The molecular weight excluding hydrogens is 604 g/mol. The molecule has 3 aromatic carbocycles. The average molecular weight is 635 g/mol. The fraction of sp³-hybridized carbons (Fsp3) is 0.129. The zero-order valence-electron chi connectivity index (χ0n) is 25.5. The number of nitrogens with zero attached hydrogens (tertiary/aromatic N) is 11. The normalized spacial score (nSPS) is 11.4. The molecule has 46 heavy (non-hydrogen) atoms. The predicted octanol–water partition coefficient (Wildman–Crippen LogP) is 6.91. The molecule has 3 N–H and O–H groups in total. The van der Waals surface area contributed by atoms with Crippen molar-refractivity contribution < 1.29 is 9.13 Å². The second-order valence-corrected chi connectivity index (χ2v) is 10.7. The maximum Gasteiger partial charge on any atom is 0.421 e. The van der Waals surface area contributed by atoms with Gasteiger partial charge in [0.2, 0.25) is 17.2 Å². The van der Waals surface area contributed by atoms with Crippen molar-refractivity contribution in [2.45, 2.75) is 0 Å². The minimum Gasteiger partial charge on any atom is -0.356 e. The van der Waals surface area contributed by atoms with Crippen molar-refractivity contribution in [3.8, 4) is 0 Å². The molecule has 0 amide bonds. The Labute approximate surface area is 269 Å². The smallest absolute Gasteiger partial charge is 0.356 e. The second kappa shape index (κ2) is 13.3. The lowest BCUT2D eigenvalue weighted by atomic mass is 10.2. The summed E-state index contributed by atoms with van der Waals surface area (Å²) >= 11 is 6.21. The van der Waals surface area contributed by atoms with Crippen LogP contribution in [-0.4, -0.2) is 24.1 Å². The van der Waals surface area contributed by atoms with E-state index in [1.807, 2.05) is 144 Å². The van der Waals surface area contributed by atoms with Gasteiger partial charge in [-0.25, -0.2) is 18.3 Å². The van der Waals surface area contributed by atoms with Crippen molar-refractivity contribution in [2.24, 2.45) is 48.6 Å². The monoisotopic (exact) mass is 634 g/mol. The molecule has 15 heteroatoms. The fourth-order valence-electron chi connectivity index (χ4n) is 4.40. The number of aromatic nitrogens is 7. The molecule has 0 unspecified atom stereocenters. The minimum absolute atomic E-state index is 0.0552. The minimum atomic E-state index is 0.0552. The Bertz CT molecular complexity index is 1970. The highest BCUT2D eigenvalue weighted by atomic mass is 35.5. The van der Waals surface area contributed by atoms with Crippen LogP contribution in [0.5, 0.6) is 0 Å². The SMILES string of the molecule is Cn1cc[n+](C)c1N=Nc1ccc(Nc2ccc(Nc3nc(Cl)nc(Nc4ccc(N=Nc5n(C)cc[n+]5C)cc4)n3)cc2)cc1. The van der Waals surface area contributed by atoms with Crippen molar-refractivity contribution >= 4 is 69.5 Å². The quantitative estimate of drug-likeness (QED) is 0.110. The van der Waals surface area contributed by atoms with Gasteiger partial charge in [0.15, 0.2) is 0 Å². The summed E-state index contributed by atoms with van der Waals surface area (Å²) in [4.78, 5) is 12.9. The maximum absolute atomic E-state index is 6.21. The van der Waals surface area contributed by atoms with E-state index in [0.717, 1.165) is 40.3 Å². The third-order valence-corrected chi connectivity index (χ3v) is 7.00. The van der Waals surface area contributed by atoms with E-state index in [1.165, 1.54) is 0 Å². The van der Waals surface area contributed by atoms with Gasteiger partial charge in [0.1, 0.15) is 11.4 Å². The Kier molecular flexibility index (Phi) is 8.69. The van der Waals surface area contributed by atoms with Gasteiger partial charge in [-0.05, 0) is 84.4 Å². The molecule has 0 aliphatic heterocycles. The van der Waals surface area contributed by atoms with Crippen LogP contribution in [0.15, 0.2) is 118 Å². The number of azo groups is 2. The van der Waals surface area contributed by atoms with Gasteiger partial charge in [-0.3, -0.25) is 0 Å². The first kappa shape index (κ1) is 30.0. The molecule has 0 radical (unpaired) electrons. The van der Waals surface area contributed by atoms with Crippen LogP contribution in [0.1, 0.15) is 0 Å². The highest BCUT2D eigenvalue weighted by molar-refractivity contribution is 6.28. The lowest BCUT2D eigenvalue weighted by molar-refractivity contribution is -0.657. The molecule has 0 fully saturated rings. The van der Waals surface area contributed by atoms with Crippen LogP contribution in [0, 0.1) is 0 Å². The van der Waals surface area contributed by atoms with Gasteiger partial charge in [-0.2, -0.15) is 15.0 Å². The number of aryl methyl sites for hydroxylation is 4.